The van der Waals surface area contributed by atoms with Crippen molar-refractivity contribution in [2.24, 2.45) is 10.8 Å². The second-order valence-corrected chi connectivity index (χ2v) is 8.69. The minimum Gasteiger partial charge on any atom is -0.444 e. The molecule has 0 unspecified atom stereocenters. The normalized spacial score (nSPS) is 23.8. The van der Waals surface area contributed by atoms with Gasteiger partial charge in [-0.1, -0.05) is 13.8 Å². The first-order valence-electron chi connectivity index (χ1n) is 8.37. The maximum absolute atomic E-state index is 12.1. The number of carbonyl (C=O) groups is 1. The van der Waals surface area contributed by atoms with Gasteiger partial charge >= 0.3 is 6.09 Å². The van der Waals surface area contributed by atoms with Gasteiger partial charge in [0.25, 0.3) is 0 Å². The lowest BCUT2D eigenvalue weighted by atomic mass is 9.80. The van der Waals surface area contributed by atoms with Gasteiger partial charge < -0.3 is 19.7 Å². The van der Waals surface area contributed by atoms with Crippen molar-refractivity contribution in [2.45, 2.75) is 53.1 Å². The van der Waals surface area contributed by atoms with E-state index < -0.39 is 5.60 Å². The van der Waals surface area contributed by atoms with Crippen molar-refractivity contribution in [1.29, 1.82) is 0 Å². The Bertz CT molecular complexity index is 391. The smallest absolute Gasteiger partial charge is 0.410 e. The van der Waals surface area contributed by atoms with Gasteiger partial charge in [-0.15, -0.1) is 0 Å². The first-order chi connectivity index (χ1) is 10.1. The fourth-order valence-corrected chi connectivity index (χ4v) is 2.95. The summed E-state index contributed by atoms with van der Waals surface area (Å²) in [5.74, 6) is 0. The highest BCUT2D eigenvalue weighted by Gasteiger charge is 2.36. The van der Waals surface area contributed by atoms with Gasteiger partial charge in [0.15, 0.2) is 0 Å². The van der Waals surface area contributed by atoms with Gasteiger partial charge in [0.1, 0.15) is 5.60 Å². The molecule has 1 amide bonds. The van der Waals surface area contributed by atoms with Crippen LogP contribution in [0.15, 0.2) is 0 Å². The minimum absolute atomic E-state index is 0.179. The molecule has 2 heterocycles. The number of rotatable bonds is 4. The zero-order valence-electron chi connectivity index (χ0n) is 14.8. The van der Waals surface area contributed by atoms with Crippen molar-refractivity contribution in [3.63, 3.8) is 0 Å². The Morgan fingerprint density at radius 3 is 2.14 bits per heavy atom. The predicted molar refractivity (Wildman–Crippen MR) is 86.9 cm³/mol. The Balaban J connectivity index is 1.72. The standard InChI is InChI=1S/C17H32N2O3/c1-15(2,3)22-14(20)19-8-6-16(4,7-9-19)10-18-11-17(5)12-21-13-17/h18H,6-13H2,1-5H3. The van der Waals surface area contributed by atoms with Crippen molar-refractivity contribution in [3.05, 3.63) is 0 Å². The topological polar surface area (TPSA) is 50.8 Å². The summed E-state index contributed by atoms with van der Waals surface area (Å²) in [6, 6.07) is 0. The summed E-state index contributed by atoms with van der Waals surface area (Å²) in [5.41, 5.74) is 0.159. The number of nitrogens with one attached hydrogen (secondary N) is 1. The first-order valence-corrected chi connectivity index (χ1v) is 8.37. The van der Waals surface area contributed by atoms with Crippen LogP contribution in [0.25, 0.3) is 0 Å². The minimum atomic E-state index is -0.417. The van der Waals surface area contributed by atoms with E-state index in [0.717, 1.165) is 52.2 Å². The average molecular weight is 312 g/mol. The Morgan fingerprint density at radius 1 is 1.14 bits per heavy atom. The summed E-state index contributed by atoms with van der Waals surface area (Å²) >= 11 is 0. The van der Waals surface area contributed by atoms with Crippen LogP contribution in [0.4, 0.5) is 4.79 Å². The fourth-order valence-electron chi connectivity index (χ4n) is 2.95. The van der Waals surface area contributed by atoms with Crippen LogP contribution in [0.3, 0.4) is 0 Å². The molecule has 0 saturated carbocycles. The molecule has 2 saturated heterocycles. The second kappa shape index (κ2) is 6.36. The monoisotopic (exact) mass is 312 g/mol. The zero-order valence-corrected chi connectivity index (χ0v) is 14.8. The molecule has 0 aromatic heterocycles. The number of carbonyl (C=O) groups excluding carboxylic acids is 1. The summed E-state index contributed by atoms with van der Waals surface area (Å²) in [5, 5.41) is 3.61. The summed E-state index contributed by atoms with van der Waals surface area (Å²) in [6.07, 6.45) is 1.86. The van der Waals surface area contributed by atoms with E-state index in [4.69, 9.17) is 9.47 Å². The number of piperidine rings is 1. The van der Waals surface area contributed by atoms with E-state index in [1.54, 1.807) is 0 Å². The molecule has 5 nitrogen and oxygen atoms in total. The SMILES string of the molecule is CC1(CNCC2(C)COC2)CCN(C(=O)OC(C)(C)C)CC1. The van der Waals surface area contributed by atoms with E-state index in [0.29, 0.717) is 5.41 Å². The fraction of sp³-hybridized carbons (Fsp3) is 0.941. The summed E-state index contributed by atoms with van der Waals surface area (Å²) in [4.78, 5) is 13.9. The summed E-state index contributed by atoms with van der Waals surface area (Å²) in [7, 11) is 0. The van der Waals surface area contributed by atoms with Crippen LogP contribution in [0.5, 0.6) is 0 Å². The van der Waals surface area contributed by atoms with Gasteiger partial charge in [-0.25, -0.2) is 4.79 Å². The third kappa shape index (κ3) is 4.85. The lowest BCUT2D eigenvalue weighted by Gasteiger charge is -2.42. The van der Waals surface area contributed by atoms with Gasteiger partial charge in [0.05, 0.1) is 13.2 Å². The average Bonchev–Trinajstić information content (AvgIpc) is 2.35. The Labute approximate surface area is 134 Å². The van der Waals surface area contributed by atoms with E-state index in [-0.39, 0.29) is 11.5 Å². The van der Waals surface area contributed by atoms with Crippen LogP contribution < -0.4 is 5.32 Å². The predicted octanol–water partition coefficient (Wildman–Crippen LogP) is 2.65. The van der Waals surface area contributed by atoms with Crippen molar-refractivity contribution in [3.8, 4) is 0 Å². The highest BCUT2D eigenvalue weighted by Crippen LogP contribution is 2.31. The molecular weight excluding hydrogens is 280 g/mol. The quantitative estimate of drug-likeness (QED) is 0.867. The lowest BCUT2D eigenvalue weighted by Crippen LogP contribution is -2.51. The van der Waals surface area contributed by atoms with Crippen molar-refractivity contribution in [1.82, 2.24) is 10.2 Å². The molecule has 0 atom stereocenters. The summed E-state index contributed by atoms with van der Waals surface area (Å²) < 4.78 is 10.7. The van der Waals surface area contributed by atoms with E-state index in [2.05, 4.69) is 19.2 Å². The number of hydrogen-bond donors (Lipinski definition) is 1. The largest absolute Gasteiger partial charge is 0.444 e. The van der Waals surface area contributed by atoms with Crippen LogP contribution in [-0.4, -0.2) is 56.0 Å². The zero-order chi connectivity index (χ0) is 16.4. The van der Waals surface area contributed by atoms with Crippen LogP contribution in [-0.2, 0) is 9.47 Å². The van der Waals surface area contributed by atoms with Crippen molar-refractivity contribution < 1.29 is 14.3 Å². The molecule has 0 spiro atoms. The molecule has 0 aromatic rings. The third-order valence-electron chi connectivity index (χ3n) is 4.63. The van der Waals surface area contributed by atoms with E-state index >= 15 is 0 Å². The molecule has 22 heavy (non-hydrogen) atoms. The third-order valence-corrected chi connectivity index (χ3v) is 4.63. The molecule has 5 heteroatoms. The van der Waals surface area contributed by atoms with E-state index in [1.807, 2.05) is 25.7 Å². The van der Waals surface area contributed by atoms with Crippen LogP contribution >= 0.6 is 0 Å². The van der Waals surface area contributed by atoms with Crippen LogP contribution in [0, 0.1) is 10.8 Å². The van der Waals surface area contributed by atoms with Gasteiger partial charge in [-0.05, 0) is 39.0 Å². The molecule has 2 rings (SSSR count). The first kappa shape index (κ1) is 17.5. The number of amides is 1. The maximum atomic E-state index is 12.1. The molecule has 128 valence electrons. The number of hydrogen-bond acceptors (Lipinski definition) is 4. The van der Waals surface area contributed by atoms with Crippen molar-refractivity contribution >= 4 is 6.09 Å². The van der Waals surface area contributed by atoms with Gasteiger partial charge in [-0.3, -0.25) is 0 Å². The molecule has 0 bridgehead atoms. The van der Waals surface area contributed by atoms with Gasteiger partial charge in [-0.2, -0.15) is 0 Å². The highest BCUT2D eigenvalue weighted by molar-refractivity contribution is 5.68. The highest BCUT2D eigenvalue weighted by atomic mass is 16.6. The molecule has 0 aliphatic carbocycles. The summed E-state index contributed by atoms with van der Waals surface area (Å²) in [6.45, 7) is 15.6. The van der Waals surface area contributed by atoms with Crippen molar-refractivity contribution in [2.75, 3.05) is 39.4 Å². The molecule has 0 aromatic carbocycles. The van der Waals surface area contributed by atoms with Gasteiger partial charge in [0.2, 0.25) is 0 Å². The van der Waals surface area contributed by atoms with E-state index in [9.17, 15) is 4.79 Å². The maximum Gasteiger partial charge on any atom is 0.410 e. The van der Waals surface area contributed by atoms with Crippen LogP contribution in [0.1, 0.15) is 47.5 Å². The molecule has 0 radical (unpaired) electrons. The number of ether oxygens (including phenoxy) is 2. The molecule has 2 fully saturated rings. The second-order valence-electron chi connectivity index (χ2n) is 8.69. The molecule has 2 aliphatic rings. The number of likely N-dealkylation sites (tertiary alicyclic amines) is 1. The van der Waals surface area contributed by atoms with Gasteiger partial charge in [0, 0.05) is 31.6 Å². The molecule has 1 N–H and O–H groups in total. The van der Waals surface area contributed by atoms with Crippen LogP contribution in [0.2, 0.25) is 0 Å². The molecular formula is C17H32N2O3. The Hall–Kier alpha value is -0.810. The number of nitrogens with zero attached hydrogens (tertiary/aromatic N) is 1. The van der Waals surface area contributed by atoms with E-state index in [1.165, 1.54) is 0 Å². The molecule has 2 aliphatic heterocycles. The lowest BCUT2D eigenvalue weighted by molar-refractivity contribution is -0.0999. The Kier molecular flexibility index (Phi) is 5.07. The Morgan fingerprint density at radius 2 is 1.68 bits per heavy atom.